The number of carbonyl (C=O) groups is 1. The van der Waals surface area contributed by atoms with Crippen LogP contribution in [0.5, 0.6) is 0 Å². The minimum absolute atomic E-state index is 0.00323. The summed E-state index contributed by atoms with van der Waals surface area (Å²) in [7, 11) is 0. The second kappa shape index (κ2) is 6.09. The monoisotopic (exact) mass is 293 g/mol. The van der Waals surface area contributed by atoms with Crippen LogP contribution < -0.4 is 5.32 Å². The summed E-state index contributed by atoms with van der Waals surface area (Å²) in [5, 5.41) is 13.6. The van der Waals surface area contributed by atoms with E-state index in [-0.39, 0.29) is 23.9 Å². The van der Waals surface area contributed by atoms with Gasteiger partial charge in [-0.25, -0.2) is 4.79 Å². The van der Waals surface area contributed by atoms with E-state index in [0.717, 1.165) is 0 Å². The molecule has 0 aromatic heterocycles. The van der Waals surface area contributed by atoms with Crippen molar-refractivity contribution in [1.29, 1.82) is 0 Å². The van der Waals surface area contributed by atoms with Crippen LogP contribution in [-0.4, -0.2) is 41.2 Å². The number of benzene rings is 1. The zero-order valence-corrected chi connectivity index (χ0v) is 12.3. The van der Waals surface area contributed by atoms with E-state index in [1.165, 1.54) is 6.07 Å². The van der Waals surface area contributed by atoms with E-state index in [2.05, 4.69) is 5.32 Å². The van der Waals surface area contributed by atoms with Gasteiger partial charge in [-0.1, -0.05) is 6.07 Å². The van der Waals surface area contributed by atoms with Crippen LogP contribution in [0.25, 0.3) is 0 Å². The number of nitro groups is 1. The predicted octanol–water partition coefficient (Wildman–Crippen LogP) is 2.54. The highest BCUT2D eigenvalue weighted by Gasteiger charge is 2.26. The molecule has 1 aromatic rings. The van der Waals surface area contributed by atoms with Gasteiger partial charge in [0.15, 0.2) is 0 Å². The number of morpholine rings is 1. The van der Waals surface area contributed by atoms with Crippen molar-refractivity contribution in [3.8, 4) is 0 Å². The summed E-state index contributed by atoms with van der Waals surface area (Å²) in [6.45, 7) is 6.49. The normalized spacial score (nSPS) is 22.0. The summed E-state index contributed by atoms with van der Waals surface area (Å²) >= 11 is 0. The molecular weight excluding hydrogens is 274 g/mol. The van der Waals surface area contributed by atoms with Crippen molar-refractivity contribution < 1.29 is 14.5 Å². The third-order valence-corrected chi connectivity index (χ3v) is 3.36. The lowest BCUT2D eigenvalue weighted by Crippen LogP contribution is -2.49. The number of nitrogens with zero attached hydrogens (tertiary/aromatic N) is 2. The molecule has 1 heterocycles. The van der Waals surface area contributed by atoms with Crippen LogP contribution in [0.15, 0.2) is 18.2 Å². The summed E-state index contributed by atoms with van der Waals surface area (Å²) in [6, 6.07) is 4.39. The Hall–Kier alpha value is -2.15. The first-order valence-electron chi connectivity index (χ1n) is 6.83. The van der Waals surface area contributed by atoms with E-state index in [9.17, 15) is 14.9 Å². The fraction of sp³-hybridized carbons (Fsp3) is 0.500. The molecule has 2 amide bonds. The topological polar surface area (TPSA) is 84.7 Å². The standard InChI is InChI=1S/C14H19N3O4/c1-9-4-5-12(6-13(9)17(19)20)15-14(18)16-7-10(2)21-11(3)8-16/h4-6,10-11H,7-8H2,1-3H3,(H,15,18). The molecule has 0 radical (unpaired) electrons. The van der Waals surface area contributed by atoms with Crippen LogP contribution >= 0.6 is 0 Å². The number of anilines is 1. The molecule has 1 fully saturated rings. The SMILES string of the molecule is Cc1ccc(NC(=O)N2CC(C)OC(C)C2)cc1[N+](=O)[O-]. The molecule has 1 aliphatic heterocycles. The summed E-state index contributed by atoms with van der Waals surface area (Å²) in [4.78, 5) is 24.3. The molecule has 1 aliphatic rings. The smallest absolute Gasteiger partial charge is 0.322 e. The Kier molecular flexibility index (Phi) is 4.42. The molecule has 0 saturated carbocycles. The number of aryl methyl sites for hydroxylation is 1. The number of hydrogen-bond donors (Lipinski definition) is 1. The first kappa shape index (κ1) is 15.2. The third-order valence-electron chi connectivity index (χ3n) is 3.36. The molecule has 1 N–H and O–H groups in total. The molecular formula is C14H19N3O4. The maximum Gasteiger partial charge on any atom is 0.322 e. The second-order valence-electron chi connectivity index (χ2n) is 5.35. The lowest BCUT2D eigenvalue weighted by molar-refractivity contribution is -0.385. The first-order valence-corrected chi connectivity index (χ1v) is 6.83. The van der Waals surface area contributed by atoms with Crippen molar-refractivity contribution in [2.75, 3.05) is 18.4 Å². The molecule has 7 heteroatoms. The van der Waals surface area contributed by atoms with Gasteiger partial charge >= 0.3 is 6.03 Å². The fourth-order valence-electron chi connectivity index (χ4n) is 2.43. The van der Waals surface area contributed by atoms with E-state index >= 15 is 0 Å². The van der Waals surface area contributed by atoms with Crippen molar-refractivity contribution in [1.82, 2.24) is 4.90 Å². The number of hydrogen-bond acceptors (Lipinski definition) is 4. The van der Waals surface area contributed by atoms with Crippen LogP contribution in [-0.2, 0) is 4.74 Å². The molecule has 0 bridgehead atoms. The average molecular weight is 293 g/mol. The van der Waals surface area contributed by atoms with E-state index < -0.39 is 4.92 Å². The van der Waals surface area contributed by atoms with Crippen molar-refractivity contribution in [2.45, 2.75) is 33.0 Å². The highest BCUT2D eigenvalue weighted by atomic mass is 16.6. The highest BCUT2D eigenvalue weighted by Crippen LogP contribution is 2.23. The second-order valence-corrected chi connectivity index (χ2v) is 5.35. The Morgan fingerprint density at radius 3 is 2.57 bits per heavy atom. The van der Waals surface area contributed by atoms with Crippen LogP contribution in [0.3, 0.4) is 0 Å². The number of rotatable bonds is 2. The summed E-state index contributed by atoms with van der Waals surface area (Å²) in [5.41, 5.74) is 0.979. The van der Waals surface area contributed by atoms with Gasteiger partial charge in [0.05, 0.1) is 17.1 Å². The van der Waals surface area contributed by atoms with Crippen LogP contribution in [0.1, 0.15) is 19.4 Å². The Labute approximate surface area is 123 Å². The maximum atomic E-state index is 12.2. The average Bonchev–Trinajstić information content (AvgIpc) is 2.39. The molecule has 21 heavy (non-hydrogen) atoms. The molecule has 1 saturated heterocycles. The first-order chi connectivity index (χ1) is 9.86. The van der Waals surface area contributed by atoms with Crippen molar-refractivity contribution >= 4 is 17.4 Å². The largest absolute Gasteiger partial charge is 0.372 e. The van der Waals surface area contributed by atoms with Crippen molar-refractivity contribution in [3.63, 3.8) is 0 Å². The van der Waals surface area contributed by atoms with Gasteiger partial charge in [-0.3, -0.25) is 10.1 Å². The Morgan fingerprint density at radius 1 is 1.38 bits per heavy atom. The third kappa shape index (κ3) is 3.69. The predicted molar refractivity (Wildman–Crippen MR) is 78.4 cm³/mol. The number of ether oxygens (including phenoxy) is 1. The fourth-order valence-corrected chi connectivity index (χ4v) is 2.43. The van der Waals surface area contributed by atoms with Gasteiger partial charge in [0.1, 0.15) is 0 Å². The van der Waals surface area contributed by atoms with Crippen LogP contribution in [0.4, 0.5) is 16.2 Å². The molecule has 2 rings (SSSR count). The van der Waals surface area contributed by atoms with Gasteiger partial charge in [0.2, 0.25) is 0 Å². The van der Waals surface area contributed by atoms with Gasteiger partial charge in [0.25, 0.3) is 5.69 Å². The van der Waals surface area contributed by atoms with Gasteiger partial charge < -0.3 is 15.0 Å². The Balaban J connectivity index is 2.09. The van der Waals surface area contributed by atoms with E-state index in [0.29, 0.717) is 24.3 Å². The molecule has 114 valence electrons. The molecule has 0 spiro atoms. The summed E-state index contributed by atoms with van der Waals surface area (Å²) in [5.74, 6) is 0. The van der Waals surface area contributed by atoms with E-state index in [1.807, 2.05) is 13.8 Å². The Morgan fingerprint density at radius 2 is 2.00 bits per heavy atom. The number of carbonyl (C=O) groups excluding carboxylic acids is 1. The zero-order chi connectivity index (χ0) is 15.6. The van der Waals surface area contributed by atoms with Crippen LogP contribution in [0.2, 0.25) is 0 Å². The minimum Gasteiger partial charge on any atom is -0.372 e. The van der Waals surface area contributed by atoms with Gasteiger partial charge in [-0.15, -0.1) is 0 Å². The number of urea groups is 1. The number of amides is 2. The summed E-state index contributed by atoms with van der Waals surface area (Å²) in [6.07, 6.45) is -0.0429. The number of nitrogens with one attached hydrogen (secondary N) is 1. The van der Waals surface area contributed by atoms with E-state index in [4.69, 9.17) is 4.74 Å². The van der Waals surface area contributed by atoms with Gasteiger partial charge in [-0.2, -0.15) is 0 Å². The number of nitro benzene ring substituents is 1. The molecule has 2 unspecified atom stereocenters. The lowest BCUT2D eigenvalue weighted by Gasteiger charge is -2.35. The van der Waals surface area contributed by atoms with Crippen molar-refractivity contribution in [3.05, 3.63) is 33.9 Å². The lowest BCUT2D eigenvalue weighted by atomic mass is 10.2. The van der Waals surface area contributed by atoms with Crippen molar-refractivity contribution in [2.24, 2.45) is 0 Å². The van der Waals surface area contributed by atoms with Crippen LogP contribution in [0, 0.1) is 17.0 Å². The quantitative estimate of drug-likeness (QED) is 0.670. The molecule has 2 atom stereocenters. The summed E-state index contributed by atoms with van der Waals surface area (Å²) < 4.78 is 5.57. The maximum absolute atomic E-state index is 12.2. The Bertz CT molecular complexity index is 551. The molecule has 0 aliphatic carbocycles. The highest BCUT2D eigenvalue weighted by molar-refractivity contribution is 5.89. The van der Waals surface area contributed by atoms with Gasteiger partial charge in [0, 0.05) is 30.4 Å². The van der Waals surface area contributed by atoms with Gasteiger partial charge in [-0.05, 0) is 26.8 Å². The molecule has 7 nitrogen and oxygen atoms in total. The van der Waals surface area contributed by atoms with E-state index in [1.54, 1.807) is 24.0 Å². The zero-order valence-electron chi connectivity index (χ0n) is 12.3. The minimum atomic E-state index is -0.454. The molecule has 1 aromatic carbocycles.